The van der Waals surface area contributed by atoms with Crippen LogP contribution in [0.1, 0.15) is 20.7 Å². The number of benzene rings is 2. The zero-order valence-corrected chi connectivity index (χ0v) is 15.1. The Morgan fingerprint density at radius 3 is 2.40 bits per heavy atom. The van der Waals surface area contributed by atoms with E-state index in [0.29, 0.717) is 3.57 Å². The maximum Gasteiger partial charge on any atom is 0.340 e. The molecule has 0 amide bonds. The molecular weight excluding hydrogens is 454 g/mol. The molecule has 0 saturated carbocycles. The van der Waals surface area contributed by atoms with E-state index < -0.39 is 40.2 Å². The molecule has 2 rings (SSSR count). The van der Waals surface area contributed by atoms with E-state index in [1.54, 1.807) is 0 Å². The first-order valence-electron chi connectivity index (χ1n) is 6.69. The SMILES string of the molecule is COC(=O)c1cc(C=O)c(F)c(F)c1Nc1cc(OC)c(I)cc1F. The fourth-order valence-corrected chi connectivity index (χ4v) is 2.69. The maximum atomic E-state index is 14.3. The summed E-state index contributed by atoms with van der Waals surface area (Å²) in [6.45, 7) is 0. The van der Waals surface area contributed by atoms with Crippen LogP contribution >= 0.6 is 22.6 Å². The van der Waals surface area contributed by atoms with E-state index in [4.69, 9.17) is 4.74 Å². The van der Waals surface area contributed by atoms with Crippen LogP contribution in [0.5, 0.6) is 5.75 Å². The van der Waals surface area contributed by atoms with Gasteiger partial charge >= 0.3 is 5.97 Å². The Labute approximate surface area is 154 Å². The van der Waals surface area contributed by atoms with Gasteiger partial charge < -0.3 is 14.8 Å². The lowest BCUT2D eigenvalue weighted by molar-refractivity contribution is 0.0601. The Morgan fingerprint density at radius 2 is 1.84 bits per heavy atom. The highest BCUT2D eigenvalue weighted by Crippen LogP contribution is 2.33. The number of methoxy groups -OCH3 is 2. The van der Waals surface area contributed by atoms with Gasteiger partial charge in [0.15, 0.2) is 17.9 Å². The summed E-state index contributed by atoms with van der Waals surface area (Å²) in [6.07, 6.45) is 0.0587. The number of rotatable bonds is 5. The zero-order chi connectivity index (χ0) is 18.7. The predicted octanol–water partition coefficient (Wildman–Crippen LogP) is 4.06. The number of hydrogen-bond donors (Lipinski definition) is 1. The molecule has 9 heteroatoms. The molecular formula is C16H11F3INO4. The Bertz CT molecular complexity index is 858. The van der Waals surface area contributed by atoms with Crippen molar-refractivity contribution in [2.45, 2.75) is 0 Å². The summed E-state index contributed by atoms with van der Waals surface area (Å²) in [4.78, 5) is 22.7. The number of nitrogens with one attached hydrogen (secondary N) is 1. The van der Waals surface area contributed by atoms with Gasteiger partial charge in [0, 0.05) is 6.07 Å². The molecule has 25 heavy (non-hydrogen) atoms. The molecule has 2 aromatic rings. The van der Waals surface area contributed by atoms with Crippen molar-refractivity contribution in [3.05, 3.63) is 50.3 Å². The van der Waals surface area contributed by atoms with Crippen molar-refractivity contribution < 1.29 is 32.2 Å². The molecule has 5 nitrogen and oxygen atoms in total. The molecule has 0 heterocycles. The van der Waals surface area contributed by atoms with Crippen molar-refractivity contribution >= 4 is 46.2 Å². The van der Waals surface area contributed by atoms with Gasteiger partial charge in [-0.2, -0.15) is 0 Å². The molecule has 0 aliphatic heterocycles. The minimum absolute atomic E-state index is 0.0587. The second-order valence-corrected chi connectivity index (χ2v) is 5.88. The highest BCUT2D eigenvalue weighted by molar-refractivity contribution is 14.1. The Hall–Kier alpha value is -2.30. The second kappa shape index (κ2) is 7.72. The zero-order valence-electron chi connectivity index (χ0n) is 13.0. The largest absolute Gasteiger partial charge is 0.496 e. The fraction of sp³-hybridized carbons (Fsp3) is 0.125. The van der Waals surface area contributed by atoms with E-state index in [1.807, 2.05) is 22.6 Å². The third-order valence-electron chi connectivity index (χ3n) is 3.27. The normalized spacial score (nSPS) is 10.3. The summed E-state index contributed by atoms with van der Waals surface area (Å²) in [5, 5.41) is 2.33. The highest BCUT2D eigenvalue weighted by Gasteiger charge is 2.24. The lowest BCUT2D eigenvalue weighted by Gasteiger charge is -2.15. The average molecular weight is 465 g/mol. The molecule has 132 valence electrons. The monoisotopic (exact) mass is 465 g/mol. The molecule has 2 aromatic carbocycles. The Morgan fingerprint density at radius 1 is 1.16 bits per heavy atom. The number of anilines is 2. The van der Waals surface area contributed by atoms with Crippen LogP contribution in [0, 0.1) is 21.0 Å². The van der Waals surface area contributed by atoms with Gasteiger partial charge in [0.2, 0.25) is 0 Å². The predicted molar refractivity (Wildman–Crippen MR) is 92.0 cm³/mol. The van der Waals surface area contributed by atoms with Crippen molar-refractivity contribution in [2.24, 2.45) is 0 Å². The first-order chi connectivity index (χ1) is 11.8. The molecule has 0 aliphatic rings. The van der Waals surface area contributed by atoms with Gasteiger partial charge in [-0.25, -0.2) is 18.0 Å². The van der Waals surface area contributed by atoms with Gasteiger partial charge in [0.05, 0.1) is 40.3 Å². The van der Waals surface area contributed by atoms with E-state index in [-0.39, 0.29) is 17.7 Å². The van der Waals surface area contributed by atoms with Crippen LogP contribution in [0.4, 0.5) is 24.5 Å². The van der Waals surface area contributed by atoms with Gasteiger partial charge in [-0.3, -0.25) is 4.79 Å². The molecule has 0 unspecified atom stereocenters. The van der Waals surface area contributed by atoms with Crippen LogP contribution in [-0.2, 0) is 4.74 Å². The Balaban J connectivity index is 2.65. The fourth-order valence-electron chi connectivity index (χ4n) is 2.04. The standard InChI is InChI=1S/C16H11F3INO4/c1-24-12-5-11(9(17)4-10(12)20)21-15-8(16(23)25-2)3-7(6-22)13(18)14(15)19/h3-6,21H,1-2H3. The number of carbonyl (C=O) groups is 2. The number of carbonyl (C=O) groups excluding carboxylic acids is 2. The summed E-state index contributed by atoms with van der Waals surface area (Å²) >= 11 is 1.84. The van der Waals surface area contributed by atoms with Gasteiger partial charge in [0.25, 0.3) is 0 Å². The number of hydrogen-bond acceptors (Lipinski definition) is 5. The Kier molecular flexibility index (Phi) is 5.88. The van der Waals surface area contributed by atoms with E-state index >= 15 is 0 Å². The molecule has 0 fully saturated rings. The number of ether oxygens (including phenoxy) is 2. The van der Waals surface area contributed by atoms with Crippen molar-refractivity contribution in [1.82, 2.24) is 0 Å². The molecule has 0 atom stereocenters. The molecule has 0 spiro atoms. The molecule has 0 radical (unpaired) electrons. The van der Waals surface area contributed by atoms with Crippen LogP contribution in [0.25, 0.3) is 0 Å². The molecule has 0 bridgehead atoms. The summed E-state index contributed by atoms with van der Waals surface area (Å²) in [5.74, 6) is -4.50. The number of aldehydes is 1. The van der Waals surface area contributed by atoms with E-state index in [0.717, 1.165) is 19.2 Å². The maximum absolute atomic E-state index is 14.3. The van der Waals surface area contributed by atoms with Crippen molar-refractivity contribution in [3.8, 4) is 5.75 Å². The lowest BCUT2D eigenvalue weighted by atomic mass is 10.1. The van der Waals surface area contributed by atoms with Crippen LogP contribution in [-0.4, -0.2) is 26.5 Å². The summed E-state index contributed by atoms with van der Waals surface area (Å²) in [5.41, 5.74) is -2.03. The average Bonchev–Trinajstić information content (AvgIpc) is 2.60. The quantitative estimate of drug-likeness (QED) is 0.410. The smallest absolute Gasteiger partial charge is 0.340 e. The summed E-state index contributed by atoms with van der Waals surface area (Å²) < 4.78 is 52.4. The first kappa shape index (κ1) is 19.0. The highest BCUT2D eigenvalue weighted by atomic mass is 127. The number of esters is 1. The van der Waals surface area contributed by atoms with Crippen molar-refractivity contribution in [2.75, 3.05) is 19.5 Å². The minimum Gasteiger partial charge on any atom is -0.496 e. The third-order valence-corrected chi connectivity index (χ3v) is 4.11. The third kappa shape index (κ3) is 3.70. The number of halogens is 4. The minimum atomic E-state index is -1.51. The first-order valence-corrected chi connectivity index (χ1v) is 7.77. The van der Waals surface area contributed by atoms with Gasteiger partial charge in [-0.05, 0) is 34.7 Å². The van der Waals surface area contributed by atoms with Crippen molar-refractivity contribution in [1.29, 1.82) is 0 Å². The van der Waals surface area contributed by atoms with Gasteiger partial charge in [0.1, 0.15) is 11.6 Å². The van der Waals surface area contributed by atoms with Crippen LogP contribution in [0.15, 0.2) is 18.2 Å². The van der Waals surface area contributed by atoms with E-state index in [9.17, 15) is 22.8 Å². The molecule has 0 aliphatic carbocycles. The van der Waals surface area contributed by atoms with Crippen molar-refractivity contribution in [3.63, 3.8) is 0 Å². The van der Waals surface area contributed by atoms with Crippen LogP contribution < -0.4 is 10.1 Å². The topological polar surface area (TPSA) is 64.6 Å². The lowest BCUT2D eigenvalue weighted by Crippen LogP contribution is -2.11. The van der Waals surface area contributed by atoms with Gasteiger partial charge in [-0.1, -0.05) is 0 Å². The van der Waals surface area contributed by atoms with Crippen LogP contribution in [0.2, 0.25) is 0 Å². The molecule has 0 aromatic heterocycles. The molecule has 0 saturated heterocycles. The summed E-state index contributed by atoms with van der Waals surface area (Å²) in [7, 11) is 2.39. The van der Waals surface area contributed by atoms with E-state index in [1.165, 1.54) is 13.2 Å². The van der Waals surface area contributed by atoms with E-state index in [2.05, 4.69) is 10.1 Å². The van der Waals surface area contributed by atoms with Gasteiger partial charge in [-0.15, -0.1) is 0 Å². The molecule has 1 N–H and O–H groups in total. The second-order valence-electron chi connectivity index (χ2n) is 4.72. The summed E-state index contributed by atoms with van der Waals surface area (Å²) in [6, 6.07) is 3.16. The van der Waals surface area contributed by atoms with Crippen LogP contribution in [0.3, 0.4) is 0 Å².